The Labute approximate surface area is 105 Å². The van der Waals surface area contributed by atoms with E-state index >= 15 is 0 Å². The average Bonchev–Trinajstić information content (AvgIpc) is 2.37. The molecule has 0 aromatic heterocycles. The zero-order valence-electron chi connectivity index (χ0n) is 10.0. The van der Waals surface area contributed by atoms with Crippen LogP contribution in [0.25, 0.3) is 0 Å². The number of halogens is 1. The Morgan fingerprint density at radius 1 is 1.06 bits per heavy atom. The van der Waals surface area contributed by atoms with E-state index < -0.39 is 0 Å². The van der Waals surface area contributed by atoms with Gasteiger partial charge in [0.15, 0.2) is 0 Å². The molecule has 0 aliphatic heterocycles. The van der Waals surface area contributed by atoms with Gasteiger partial charge >= 0.3 is 0 Å². The normalized spacial score (nSPS) is 10.1. The van der Waals surface area contributed by atoms with Crippen LogP contribution in [0.4, 0.5) is 10.1 Å². The first-order valence-electron chi connectivity index (χ1n) is 5.49. The third-order valence-corrected chi connectivity index (χ3v) is 2.44. The molecule has 3 nitrogen and oxygen atoms in total. The van der Waals surface area contributed by atoms with E-state index in [0.717, 1.165) is 5.56 Å². The van der Waals surface area contributed by atoms with E-state index in [1.807, 2.05) is 12.1 Å². The summed E-state index contributed by atoms with van der Waals surface area (Å²) in [5.41, 5.74) is 7.26. The van der Waals surface area contributed by atoms with E-state index in [0.29, 0.717) is 23.8 Å². The first kappa shape index (κ1) is 12.2. The quantitative estimate of drug-likeness (QED) is 0.845. The largest absolute Gasteiger partial charge is 0.497 e. The Morgan fingerprint density at radius 2 is 1.78 bits per heavy atom. The van der Waals surface area contributed by atoms with Crippen molar-refractivity contribution in [3.63, 3.8) is 0 Å². The Balaban J connectivity index is 2.05. The highest BCUT2D eigenvalue weighted by Crippen LogP contribution is 2.20. The molecule has 2 rings (SSSR count). The molecule has 18 heavy (non-hydrogen) atoms. The Morgan fingerprint density at radius 3 is 2.44 bits per heavy atom. The van der Waals surface area contributed by atoms with Gasteiger partial charge in [0.1, 0.15) is 23.9 Å². The van der Waals surface area contributed by atoms with Gasteiger partial charge in [-0.1, -0.05) is 0 Å². The van der Waals surface area contributed by atoms with Crippen LogP contribution in [-0.4, -0.2) is 7.11 Å². The highest BCUT2D eigenvalue weighted by molar-refractivity contribution is 5.47. The molecule has 0 bridgehead atoms. The van der Waals surface area contributed by atoms with Crippen LogP contribution >= 0.6 is 0 Å². The molecule has 0 heterocycles. The fraction of sp³-hybridized carbons (Fsp3) is 0.143. The monoisotopic (exact) mass is 247 g/mol. The van der Waals surface area contributed by atoms with Crippen molar-refractivity contribution >= 4 is 5.69 Å². The van der Waals surface area contributed by atoms with Crippen molar-refractivity contribution in [3.8, 4) is 11.5 Å². The molecule has 0 aliphatic carbocycles. The van der Waals surface area contributed by atoms with Crippen molar-refractivity contribution in [1.29, 1.82) is 0 Å². The Bertz CT molecular complexity index is 526. The lowest BCUT2D eigenvalue weighted by Gasteiger charge is -2.08. The zero-order valence-corrected chi connectivity index (χ0v) is 10.0. The van der Waals surface area contributed by atoms with Crippen LogP contribution in [0.15, 0.2) is 42.5 Å². The molecular formula is C14H14FNO2. The molecular weight excluding hydrogens is 233 g/mol. The van der Waals surface area contributed by atoms with Gasteiger partial charge in [-0.3, -0.25) is 0 Å². The summed E-state index contributed by atoms with van der Waals surface area (Å²) in [6, 6.07) is 11.3. The van der Waals surface area contributed by atoms with Crippen molar-refractivity contribution in [1.82, 2.24) is 0 Å². The van der Waals surface area contributed by atoms with E-state index in [2.05, 4.69) is 0 Å². The highest BCUT2D eigenvalue weighted by Gasteiger charge is 2.01. The SMILES string of the molecule is COc1cc(N)cc(COc2ccc(F)cc2)c1. The summed E-state index contributed by atoms with van der Waals surface area (Å²) in [6.45, 7) is 0.354. The van der Waals surface area contributed by atoms with E-state index in [1.165, 1.54) is 12.1 Å². The zero-order chi connectivity index (χ0) is 13.0. The maximum atomic E-state index is 12.7. The second kappa shape index (κ2) is 5.40. The van der Waals surface area contributed by atoms with Crippen LogP contribution in [0.5, 0.6) is 11.5 Å². The van der Waals surface area contributed by atoms with Crippen molar-refractivity contribution in [3.05, 3.63) is 53.8 Å². The van der Waals surface area contributed by atoms with Crippen LogP contribution in [0, 0.1) is 5.82 Å². The Kier molecular flexibility index (Phi) is 3.67. The summed E-state index contributed by atoms with van der Waals surface area (Å²) in [7, 11) is 1.58. The van der Waals surface area contributed by atoms with Crippen molar-refractivity contribution in [2.24, 2.45) is 0 Å². The molecule has 0 saturated carbocycles. The Hall–Kier alpha value is -2.23. The van der Waals surface area contributed by atoms with Gasteiger partial charge in [0.05, 0.1) is 7.11 Å². The third kappa shape index (κ3) is 3.13. The van der Waals surface area contributed by atoms with Crippen LogP contribution in [0.3, 0.4) is 0 Å². The molecule has 0 fully saturated rings. The highest BCUT2D eigenvalue weighted by atomic mass is 19.1. The van der Waals surface area contributed by atoms with Crippen molar-refractivity contribution in [2.45, 2.75) is 6.61 Å². The van der Waals surface area contributed by atoms with Gasteiger partial charge in [0.2, 0.25) is 0 Å². The molecule has 2 aromatic rings. The molecule has 2 N–H and O–H groups in total. The molecule has 0 spiro atoms. The third-order valence-electron chi connectivity index (χ3n) is 2.44. The number of anilines is 1. The van der Waals surface area contributed by atoms with E-state index in [9.17, 15) is 4.39 Å². The van der Waals surface area contributed by atoms with Gasteiger partial charge < -0.3 is 15.2 Å². The number of hydrogen-bond acceptors (Lipinski definition) is 3. The summed E-state index contributed by atoms with van der Waals surface area (Å²) in [4.78, 5) is 0. The number of ether oxygens (including phenoxy) is 2. The smallest absolute Gasteiger partial charge is 0.123 e. The summed E-state index contributed by atoms with van der Waals surface area (Å²) in [5.74, 6) is 1.01. The average molecular weight is 247 g/mol. The van der Waals surface area contributed by atoms with Crippen LogP contribution in [0.1, 0.15) is 5.56 Å². The van der Waals surface area contributed by atoms with Gasteiger partial charge in [-0.15, -0.1) is 0 Å². The molecule has 4 heteroatoms. The minimum Gasteiger partial charge on any atom is -0.497 e. The van der Waals surface area contributed by atoms with Crippen LogP contribution < -0.4 is 15.2 Å². The molecule has 94 valence electrons. The molecule has 0 aliphatic rings. The fourth-order valence-corrected chi connectivity index (χ4v) is 1.58. The first-order chi connectivity index (χ1) is 8.67. The van der Waals surface area contributed by atoms with Gasteiger partial charge in [-0.05, 0) is 42.0 Å². The summed E-state index contributed by atoms with van der Waals surface area (Å²) < 4.78 is 23.4. The number of nitrogens with two attached hydrogens (primary N) is 1. The lowest BCUT2D eigenvalue weighted by atomic mass is 10.2. The maximum absolute atomic E-state index is 12.7. The number of hydrogen-bond donors (Lipinski definition) is 1. The van der Waals surface area contributed by atoms with Gasteiger partial charge in [-0.2, -0.15) is 0 Å². The molecule has 0 radical (unpaired) electrons. The molecule has 2 aromatic carbocycles. The van der Waals surface area contributed by atoms with Gasteiger partial charge in [0.25, 0.3) is 0 Å². The predicted molar refractivity (Wildman–Crippen MR) is 68.1 cm³/mol. The number of methoxy groups -OCH3 is 1. The molecule has 0 saturated heterocycles. The predicted octanol–water partition coefficient (Wildman–Crippen LogP) is 3.00. The second-order valence-electron chi connectivity index (χ2n) is 3.86. The number of nitrogen functional groups attached to an aromatic ring is 1. The minimum atomic E-state index is -0.284. The molecule has 0 amide bonds. The second-order valence-corrected chi connectivity index (χ2v) is 3.86. The van der Waals surface area contributed by atoms with Gasteiger partial charge in [-0.25, -0.2) is 4.39 Å². The van der Waals surface area contributed by atoms with Crippen molar-refractivity contribution in [2.75, 3.05) is 12.8 Å². The van der Waals surface area contributed by atoms with E-state index in [1.54, 1.807) is 25.3 Å². The fourth-order valence-electron chi connectivity index (χ4n) is 1.58. The first-order valence-corrected chi connectivity index (χ1v) is 5.49. The van der Waals surface area contributed by atoms with Gasteiger partial charge in [0, 0.05) is 11.8 Å². The molecule has 0 atom stereocenters. The maximum Gasteiger partial charge on any atom is 0.123 e. The van der Waals surface area contributed by atoms with Crippen molar-refractivity contribution < 1.29 is 13.9 Å². The van der Waals surface area contributed by atoms with Crippen LogP contribution in [0.2, 0.25) is 0 Å². The van der Waals surface area contributed by atoms with E-state index in [4.69, 9.17) is 15.2 Å². The topological polar surface area (TPSA) is 44.5 Å². The number of rotatable bonds is 4. The standard InChI is InChI=1S/C14H14FNO2/c1-17-14-7-10(6-12(16)8-14)9-18-13-4-2-11(15)3-5-13/h2-8H,9,16H2,1H3. The molecule has 0 unspecified atom stereocenters. The summed E-state index contributed by atoms with van der Waals surface area (Å²) >= 11 is 0. The minimum absolute atomic E-state index is 0.284. The lowest BCUT2D eigenvalue weighted by Crippen LogP contribution is -1.98. The summed E-state index contributed by atoms with van der Waals surface area (Å²) in [6.07, 6.45) is 0. The summed E-state index contributed by atoms with van der Waals surface area (Å²) in [5, 5.41) is 0. The van der Waals surface area contributed by atoms with E-state index in [-0.39, 0.29) is 5.82 Å². The lowest BCUT2D eigenvalue weighted by molar-refractivity contribution is 0.305. The van der Waals surface area contributed by atoms with Crippen LogP contribution in [-0.2, 0) is 6.61 Å². The number of benzene rings is 2.